The summed E-state index contributed by atoms with van der Waals surface area (Å²) in [4.78, 5) is 27.1. The summed E-state index contributed by atoms with van der Waals surface area (Å²) < 4.78 is 13.2. The van der Waals surface area contributed by atoms with Gasteiger partial charge in [-0.15, -0.1) is 0 Å². The van der Waals surface area contributed by atoms with E-state index in [4.69, 9.17) is 11.6 Å². The molecular formula is C20H28ClFN2O2. The predicted octanol–water partition coefficient (Wildman–Crippen LogP) is 4.87. The molecule has 1 aliphatic carbocycles. The number of hydrogen-bond donors (Lipinski definition) is 1. The van der Waals surface area contributed by atoms with Crippen LogP contribution in [0.25, 0.3) is 0 Å². The highest BCUT2D eigenvalue weighted by Gasteiger charge is 2.31. The molecule has 0 radical (unpaired) electrons. The zero-order chi connectivity index (χ0) is 19.1. The van der Waals surface area contributed by atoms with Crippen molar-refractivity contribution in [1.82, 2.24) is 4.90 Å². The molecule has 1 aromatic rings. The van der Waals surface area contributed by atoms with Gasteiger partial charge in [0, 0.05) is 30.6 Å². The molecule has 1 N–H and O–H groups in total. The maximum atomic E-state index is 13.2. The summed E-state index contributed by atoms with van der Waals surface area (Å²) in [6.07, 6.45) is 4.80. The molecule has 0 aliphatic heterocycles. The fourth-order valence-electron chi connectivity index (χ4n) is 3.55. The Kier molecular flexibility index (Phi) is 7.88. The zero-order valence-electron chi connectivity index (χ0n) is 15.6. The van der Waals surface area contributed by atoms with Gasteiger partial charge < -0.3 is 10.2 Å². The summed E-state index contributed by atoms with van der Waals surface area (Å²) in [5, 5.41) is 2.79. The van der Waals surface area contributed by atoms with Crippen LogP contribution in [-0.4, -0.2) is 29.8 Å². The van der Waals surface area contributed by atoms with Crippen LogP contribution >= 0.6 is 11.6 Å². The Hall–Kier alpha value is -1.62. The molecule has 1 fully saturated rings. The fraction of sp³-hybridized carbons (Fsp3) is 0.600. The summed E-state index contributed by atoms with van der Waals surface area (Å²) in [5.41, 5.74) is 0.497. The maximum Gasteiger partial charge on any atom is 0.227 e. The minimum Gasteiger partial charge on any atom is -0.342 e. The normalized spacial score (nSPS) is 19.8. The lowest BCUT2D eigenvalue weighted by Gasteiger charge is -2.31. The minimum atomic E-state index is -0.507. The van der Waals surface area contributed by atoms with Crippen molar-refractivity contribution in [3.63, 3.8) is 0 Å². The molecule has 26 heavy (non-hydrogen) atoms. The van der Waals surface area contributed by atoms with Crippen molar-refractivity contribution in [2.24, 2.45) is 11.8 Å². The van der Waals surface area contributed by atoms with E-state index in [0.717, 1.165) is 38.8 Å². The van der Waals surface area contributed by atoms with E-state index in [9.17, 15) is 14.0 Å². The van der Waals surface area contributed by atoms with Crippen molar-refractivity contribution in [2.45, 2.75) is 52.4 Å². The summed E-state index contributed by atoms with van der Waals surface area (Å²) in [6.45, 7) is 5.77. The van der Waals surface area contributed by atoms with Gasteiger partial charge in [0.15, 0.2) is 0 Å². The van der Waals surface area contributed by atoms with Crippen molar-refractivity contribution in [2.75, 3.05) is 18.4 Å². The molecule has 0 unspecified atom stereocenters. The second-order valence-electron chi connectivity index (χ2n) is 6.99. The number of hydrogen-bond acceptors (Lipinski definition) is 2. The smallest absolute Gasteiger partial charge is 0.227 e. The van der Waals surface area contributed by atoms with Gasteiger partial charge in [0.2, 0.25) is 11.8 Å². The van der Waals surface area contributed by atoms with Crippen molar-refractivity contribution in [3.8, 4) is 0 Å². The van der Waals surface area contributed by atoms with E-state index < -0.39 is 5.82 Å². The van der Waals surface area contributed by atoms with Crippen LogP contribution < -0.4 is 5.32 Å². The Morgan fingerprint density at radius 3 is 2.23 bits per heavy atom. The third-order valence-corrected chi connectivity index (χ3v) is 5.22. The van der Waals surface area contributed by atoms with Gasteiger partial charge in [0.1, 0.15) is 5.82 Å². The standard InChI is InChI=1S/C20H28ClFN2O2/c1-3-11-24(12-4-2)20(26)15-7-5-14(6-8-15)19(25)23-16-9-10-18(22)17(21)13-16/h9-10,13-15H,3-8,11-12H2,1-2H3,(H,23,25). The van der Waals surface area contributed by atoms with Crippen molar-refractivity contribution >= 4 is 29.1 Å². The van der Waals surface area contributed by atoms with Gasteiger partial charge in [-0.2, -0.15) is 0 Å². The van der Waals surface area contributed by atoms with Crippen LogP contribution in [0.4, 0.5) is 10.1 Å². The Morgan fingerprint density at radius 1 is 1.12 bits per heavy atom. The number of anilines is 1. The first-order chi connectivity index (χ1) is 12.5. The van der Waals surface area contributed by atoms with E-state index in [-0.39, 0.29) is 28.7 Å². The molecule has 0 bridgehead atoms. The van der Waals surface area contributed by atoms with E-state index in [1.54, 1.807) is 0 Å². The summed E-state index contributed by atoms with van der Waals surface area (Å²) in [5.74, 6) is -0.450. The molecule has 1 aromatic carbocycles. The first kappa shape index (κ1) is 20.7. The van der Waals surface area contributed by atoms with Crippen LogP contribution in [0.1, 0.15) is 52.4 Å². The van der Waals surface area contributed by atoms with Crippen molar-refractivity contribution in [3.05, 3.63) is 29.0 Å². The predicted molar refractivity (Wildman–Crippen MR) is 103 cm³/mol. The van der Waals surface area contributed by atoms with Crippen LogP contribution in [0.5, 0.6) is 0 Å². The van der Waals surface area contributed by atoms with E-state index in [0.29, 0.717) is 18.5 Å². The third-order valence-electron chi connectivity index (χ3n) is 4.93. The average Bonchev–Trinajstić information content (AvgIpc) is 2.64. The Morgan fingerprint density at radius 2 is 1.69 bits per heavy atom. The molecule has 4 nitrogen and oxygen atoms in total. The van der Waals surface area contributed by atoms with Crippen LogP contribution in [0.3, 0.4) is 0 Å². The Bertz CT molecular complexity index is 624. The lowest BCUT2D eigenvalue weighted by molar-refractivity contribution is -0.138. The Balaban J connectivity index is 1.87. The quantitative estimate of drug-likeness (QED) is 0.731. The molecule has 0 spiro atoms. The highest BCUT2D eigenvalue weighted by Crippen LogP contribution is 2.31. The molecule has 1 aliphatic rings. The molecule has 1 saturated carbocycles. The highest BCUT2D eigenvalue weighted by atomic mass is 35.5. The number of amides is 2. The monoisotopic (exact) mass is 382 g/mol. The van der Waals surface area contributed by atoms with Gasteiger partial charge >= 0.3 is 0 Å². The second-order valence-corrected chi connectivity index (χ2v) is 7.40. The topological polar surface area (TPSA) is 49.4 Å². The molecule has 2 rings (SSSR count). The fourth-order valence-corrected chi connectivity index (χ4v) is 3.73. The number of rotatable bonds is 7. The molecule has 6 heteroatoms. The van der Waals surface area contributed by atoms with E-state index in [2.05, 4.69) is 19.2 Å². The van der Waals surface area contributed by atoms with Crippen LogP contribution in [-0.2, 0) is 9.59 Å². The Labute approximate surface area is 160 Å². The van der Waals surface area contributed by atoms with Gasteiger partial charge in [0.05, 0.1) is 5.02 Å². The summed E-state index contributed by atoms with van der Waals surface area (Å²) >= 11 is 5.75. The molecule has 144 valence electrons. The second kappa shape index (κ2) is 9.91. The van der Waals surface area contributed by atoms with Crippen molar-refractivity contribution < 1.29 is 14.0 Å². The lowest BCUT2D eigenvalue weighted by Crippen LogP contribution is -2.39. The lowest BCUT2D eigenvalue weighted by atomic mass is 9.80. The van der Waals surface area contributed by atoms with Gasteiger partial charge in [0.25, 0.3) is 0 Å². The number of halogens is 2. The molecule has 0 atom stereocenters. The summed E-state index contributed by atoms with van der Waals surface area (Å²) in [7, 11) is 0. The van der Waals surface area contributed by atoms with Gasteiger partial charge in [-0.1, -0.05) is 25.4 Å². The van der Waals surface area contributed by atoms with E-state index >= 15 is 0 Å². The summed E-state index contributed by atoms with van der Waals surface area (Å²) in [6, 6.07) is 4.16. The first-order valence-electron chi connectivity index (χ1n) is 9.50. The number of carbonyl (C=O) groups excluding carboxylic acids is 2. The first-order valence-corrected chi connectivity index (χ1v) is 9.88. The van der Waals surface area contributed by atoms with Gasteiger partial charge in [-0.25, -0.2) is 4.39 Å². The SMILES string of the molecule is CCCN(CCC)C(=O)C1CCC(C(=O)Nc2ccc(F)c(Cl)c2)CC1. The number of nitrogens with one attached hydrogen (secondary N) is 1. The molecule has 2 amide bonds. The van der Waals surface area contributed by atoms with Gasteiger partial charge in [-0.3, -0.25) is 9.59 Å². The number of carbonyl (C=O) groups is 2. The average molecular weight is 383 g/mol. The van der Waals surface area contributed by atoms with Crippen LogP contribution in [0.2, 0.25) is 5.02 Å². The van der Waals surface area contributed by atoms with Crippen molar-refractivity contribution in [1.29, 1.82) is 0 Å². The van der Waals surface area contributed by atoms with E-state index in [1.165, 1.54) is 18.2 Å². The largest absolute Gasteiger partial charge is 0.342 e. The van der Waals surface area contributed by atoms with E-state index in [1.807, 2.05) is 4.90 Å². The minimum absolute atomic E-state index is 0.0101. The third kappa shape index (κ3) is 5.44. The molecule has 0 aromatic heterocycles. The molecular weight excluding hydrogens is 355 g/mol. The highest BCUT2D eigenvalue weighted by molar-refractivity contribution is 6.31. The number of benzene rings is 1. The number of nitrogens with zero attached hydrogens (tertiary/aromatic N) is 1. The van der Waals surface area contributed by atoms with Gasteiger partial charge in [-0.05, 0) is 56.7 Å². The van der Waals surface area contributed by atoms with Crippen LogP contribution in [0.15, 0.2) is 18.2 Å². The molecule has 0 saturated heterocycles. The molecule has 0 heterocycles. The van der Waals surface area contributed by atoms with Crippen LogP contribution in [0, 0.1) is 17.7 Å². The zero-order valence-corrected chi connectivity index (χ0v) is 16.3. The maximum absolute atomic E-state index is 13.2.